The zero-order valence-corrected chi connectivity index (χ0v) is 11.4. The average molecular weight is 268 g/mol. The molecule has 0 bridgehead atoms. The minimum Gasteiger partial charge on any atom is -0.377 e. The lowest BCUT2D eigenvalue weighted by Crippen LogP contribution is -2.06. The molecule has 0 aliphatic carbocycles. The number of fused-ring (bicyclic) bond motifs is 1. The first kappa shape index (κ1) is 12.5. The molecule has 0 saturated carbocycles. The third kappa shape index (κ3) is 2.42. The molecule has 1 atom stereocenters. The number of aromatic nitrogens is 3. The molecule has 20 heavy (non-hydrogen) atoms. The fourth-order valence-electron chi connectivity index (χ4n) is 2.21. The van der Waals surface area contributed by atoms with Crippen molar-refractivity contribution in [3.8, 4) is 0 Å². The molecule has 0 radical (unpaired) electrons. The lowest BCUT2D eigenvalue weighted by Gasteiger charge is -2.15. The van der Waals surface area contributed by atoms with E-state index in [4.69, 9.17) is 0 Å². The molecule has 5 nitrogen and oxygen atoms in total. The van der Waals surface area contributed by atoms with Gasteiger partial charge < -0.3 is 15.3 Å². The summed E-state index contributed by atoms with van der Waals surface area (Å²) in [6, 6.07) is 10.0. The van der Waals surface area contributed by atoms with E-state index in [0.717, 1.165) is 28.0 Å². The van der Waals surface area contributed by atoms with Gasteiger partial charge in [-0.05, 0) is 43.7 Å². The summed E-state index contributed by atoms with van der Waals surface area (Å²) in [6.45, 7) is 4.04. The summed E-state index contributed by atoms with van der Waals surface area (Å²) in [6.07, 6.45) is 1.82. The number of hydrogen-bond acceptors (Lipinski definition) is 3. The van der Waals surface area contributed by atoms with Gasteiger partial charge in [-0.15, -0.1) is 0 Å². The van der Waals surface area contributed by atoms with Gasteiger partial charge >= 0.3 is 5.69 Å². The Morgan fingerprint density at radius 3 is 2.70 bits per heavy atom. The second kappa shape index (κ2) is 4.85. The number of pyridine rings is 1. The van der Waals surface area contributed by atoms with Crippen molar-refractivity contribution in [3.05, 3.63) is 58.3 Å². The third-order valence-electron chi connectivity index (χ3n) is 3.33. The van der Waals surface area contributed by atoms with Crippen LogP contribution in [0.25, 0.3) is 11.0 Å². The van der Waals surface area contributed by atoms with Crippen LogP contribution in [-0.4, -0.2) is 15.0 Å². The first-order valence-electron chi connectivity index (χ1n) is 6.53. The number of benzene rings is 1. The molecule has 5 heteroatoms. The molecule has 3 aromatic rings. The highest BCUT2D eigenvalue weighted by Gasteiger charge is 2.07. The number of nitrogens with one attached hydrogen (secondary N) is 3. The van der Waals surface area contributed by atoms with Gasteiger partial charge in [-0.1, -0.05) is 6.07 Å². The number of imidazole rings is 1. The summed E-state index contributed by atoms with van der Waals surface area (Å²) >= 11 is 0. The average Bonchev–Trinajstić information content (AvgIpc) is 2.80. The maximum Gasteiger partial charge on any atom is 0.323 e. The normalized spacial score (nSPS) is 12.5. The molecule has 3 N–H and O–H groups in total. The number of rotatable bonds is 3. The van der Waals surface area contributed by atoms with E-state index >= 15 is 0 Å². The van der Waals surface area contributed by atoms with Gasteiger partial charge in [0.25, 0.3) is 0 Å². The number of aryl methyl sites for hydroxylation is 1. The van der Waals surface area contributed by atoms with E-state index in [2.05, 4.69) is 27.2 Å². The van der Waals surface area contributed by atoms with Crippen LogP contribution in [0.2, 0.25) is 0 Å². The molecule has 102 valence electrons. The van der Waals surface area contributed by atoms with Gasteiger partial charge in [0.15, 0.2) is 0 Å². The summed E-state index contributed by atoms with van der Waals surface area (Å²) < 4.78 is 0. The highest BCUT2D eigenvalue weighted by molar-refractivity contribution is 5.75. The number of hydrogen-bond donors (Lipinski definition) is 3. The van der Waals surface area contributed by atoms with Crippen LogP contribution in [-0.2, 0) is 0 Å². The summed E-state index contributed by atoms with van der Waals surface area (Å²) in [5, 5.41) is 3.39. The molecule has 0 aliphatic heterocycles. The van der Waals surface area contributed by atoms with Gasteiger partial charge in [0.2, 0.25) is 0 Å². The number of nitrogens with zero attached hydrogens (tertiary/aromatic N) is 1. The van der Waals surface area contributed by atoms with E-state index in [1.807, 2.05) is 43.5 Å². The topological polar surface area (TPSA) is 73.6 Å². The zero-order chi connectivity index (χ0) is 14.1. The van der Waals surface area contributed by atoms with Crippen molar-refractivity contribution in [3.63, 3.8) is 0 Å². The van der Waals surface area contributed by atoms with Gasteiger partial charge in [-0.2, -0.15) is 0 Å². The van der Waals surface area contributed by atoms with Crippen molar-refractivity contribution in [1.82, 2.24) is 15.0 Å². The largest absolute Gasteiger partial charge is 0.377 e. The van der Waals surface area contributed by atoms with Crippen LogP contribution in [0.1, 0.15) is 24.2 Å². The SMILES string of the molecule is Cc1ccc(NC(C)c2ccc3[nH]c(=O)[nH]c3c2)cn1. The fourth-order valence-corrected chi connectivity index (χ4v) is 2.21. The number of H-pyrrole nitrogens is 2. The first-order chi connectivity index (χ1) is 9.61. The van der Waals surface area contributed by atoms with Gasteiger partial charge in [-0.25, -0.2) is 4.79 Å². The lowest BCUT2D eigenvalue weighted by molar-refractivity contribution is 0.884. The van der Waals surface area contributed by atoms with Gasteiger partial charge in [-0.3, -0.25) is 4.98 Å². The number of aromatic amines is 2. The van der Waals surface area contributed by atoms with Crippen LogP contribution in [0, 0.1) is 6.92 Å². The Kier molecular flexibility index (Phi) is 3.02. The minimum absolute atomic E-state index is 0.127. The van der Waals surface area contributed by atoms with E-state index in [1.54, 1.807) is 0 Å². The van der Waals surface area contributed by atoms with Crippen molar-refractivity contribution in [2.45, 2.75) is 19.9 Å². The monoisotopic (exact) mass is 268 g/mol. The zero-order valence-electron chi connectivity index (χ0n) is 11.4. The Morgan fingerprint density at radius 1 is 1.15 bits per heavy atom. The van der Waals surface area contributed by atoms with Crippen LogP contribution in [0.15, 0.2) is 41.3 Å². The minimum atomic E-state index is -0.180. The third-order valence-corrected chi connectivity index (χ3v) is 3.33. The van der Waals surface area contributed by atoms with E-state index in [0.29, 0.717) is 0 Å². The van der Waals surface area contributed by atoms with Crippen LogP contribution in [0.4, 0.5) is 5.69 Å². The molecule has 0 aliphatic rings. The van der Waals surface area contributed by atoms with Crippen LogP contribution in [0.5, 0.6) is 0 Å². The molecule has 2 aromatic heterocycles. The van der Waals surface area contributed by atoms with E-state index in [9.17, 15) is 4.79 Å². The fraction of sp³-hybridized carbons (Fsp3) is 0.200. The van der Waals surface area contributed by atoms with Crippen molar-refractivity contribution in [2.24, 2.45) is 0 Å². The molecular weight excluding hydrogens is 252 g/mol. The van der Waals surface area contributed by atoms with Gasteiger partial charge in [0, 0.05) is 11.7 Å². The standard InChI is InChI=1S/C15H16N4O/c1-9-3-5-12(8-16-9)17-10(2)11-4-6-13-14(7-11)19-15(20)18-13/h3-8,10,17H,1-2H3,(H2,18,19,20). The second-order valence-electron chi connectivity index (χ2n) is 4.94. The van der Waals surface area contributed by atoms with Crippen LogP contribution >= 0.6 is 0 Å². The van der Waals surface area contributed by atoms with E-state index in [-0.39, 0.29) is 11.7 Å². The van der Waals surface area contributed by atoms with Crippen LogP contribution < -0.4 is 11.0 Å². The molecule has 1 aromatic carbocycles. The van der Waals surface area contributed by atoms with Crippen molar-refractivity contribution < 1.29 is 0 Å². The Labute approximate surface area is 116 Å². The predicted molar refractivity (Wildman–Crippen MR) is 79.9 cm³/mol. The molecule has 3 rings (SSSR count). The molecule has 0 fully saturated rings. The van der Waals surface area contributed by atoms with Crippen LogP contribution in [0.3, 0.4) is 0 Å². The summed E-state index contributed by atoms with van der Waals surface area (Å²) in [5.41, 5.74) is 4.54. The van der Waals surface area contributed by atoms with E-state index in [1.165, 1.54) is 0 Å². The van der Waals surface area contributed by atoms with E-state index < -0.39 is 0 Å². The Bertz CT molecular complexity index is 785. The Balaban J connectivity index is 1.85. The molecular formula is C15H16N4O. The van der Waals surface area contributed by atoms with Crippen molar-refractivity contribution in [2.75, 3.05) is 5.32 Å². The summed E-state index contributed by atoms with van der Waals surface area (Å²) in [5.74, 6) is 0. The molecule has 0 spiro atoms. The molecule has 2 heterocycles. The van der Waals surface area contributed by atoms with Gasteiger partial charge in [0.05, 0.1) is 22.9 Å². The smallest absolute Gasteiger partial charge is 0.323 e. The predicted octanol–water partition coefficient (Wildman–Crippen LogP) is 2.73. The highest BCUT2D eigenvalue weighted by Crippen LogP contribution is 2.21. The summed E-state index contributed by atoms with van der Waals surface area (Å²) in [4.78, 5) is 21.0. The van der Waals surface area contributed by atoms with Crippen molar-refractivity contribution in [1.29, 1.82) is 0 Å². The first-order valence-corrected chi connectivity index (χ1v) is 6.53. The number of anilines is 1. The second-order valence-corrected chi connectivity index (χ2v) is 4.94. The van der Waals surface area contributed by atoms with Crippen molar-refractivity contribution >= 4 is 16.7 Å². The Hall–Kier alpha value is -2.56. The summed E-state index contributed by atoms with van der Waals surface area (Å²) in [7, 11) is 0. The maximum absolute atomic E-state index is 11.3. The maximum atomic E-state index is 11.3. The molecule has 0 saturated heterocycles. The molecule has 1 unspecified atom stereocenters. The van der Waals surface area contributed by atoms with Gasteiger partial charge in [0.1, 0.15) is 0 Å². The lowest BCUT2D eigenvalue weighted by atomic mass is 10.1. The highest BCUT2D eigenvalue weighted by atomic mass is 16.1. The molecule has 0 amide bonds. The Morgan fingerprint density at radius 2 is 1.95 bits per heavy atom. The quantitative estimate of drug-likeness (QED) is 0.683.